The molecule has 0 aliphatic rings. The average Bonchev–Trinajstić information content (AvgIpc) is 3.34. The smallest absolute Gasteiger partial charge is 0.174 e. The Morgan fingerprint density at radius 1 is 1.26 bits per heavy atom. The molecule has 0 aliphatic heterocycles. The van der Waals surface area contributed by atoms with Gasteiger partial charge in [-0.25, -0.2) is 9.97 Å². The van der Waals surface area contributed by atoms with Gasteiger partial charge >= 0.3 is 0 Å². The van der Waals surface area contributed by atoms with Gasteiger partial charge in [-0.15, -0.1) is 11.3 Å². The average molecular weight is 374 g/mol. The van der Waals surface area contributed by atoms with Gasteiger partial charge in [0.1, 0.15) is 5.82 Å². The van der Waals surface area contributed by atoms with Crippen LogP contribution in [0.2, 0.25) is 0 Å². The van der Waals surface area contributed by atoms with Crippen LogP contribution in [0.3, 0.4) is 0 Å². The molecule has 2 aromatic heterocycles. The van der Waals surface area contributed by atoms with Gasteiger partial charge in [-0.05, 0) is 42.0 Å². The summed E-state index contributed by atoms with van der Waals surface area (Å²) in [5.74, 6) is 1.41. The molecule has 0 saturated heterocycles. The molecule has 0 radical (unpaired) electrons. The number of anilines is 1. The van der Waals surface area contributed by atoms with Crippen molar-refractivity contribution in [1.29, 1.82) is 5.41 Å². The van der Waals surface area contributed by atoms with Gasteiger partial charge in [0.2, 0.25) is 0 Å². The van der Waals surface area contributed by atoms with Crippen LogP contribution >= 0.6 is 11.3 Å². The molecule has 0 fully saturated rings. The Balaban J connectivity index is 1.51. The normalized spacial score (nSPS) is 12.6. The van der Waals surface area contributed by atoms with Gasteiger partial charge in [0.25, 0.3) is 0 Å². The molecule has 0 bridgehead atoms. The molecule has 2 heterocycles. The van der Waals surface area contributed by atoms with Crippen molar-refractivity contribution in [3.05, 3.63) is 76.8 Å². The third kappa shape index (κ3) is 3.63. The third-order valence-electron chi connectivity index (χ3n) is 4.38. The summed E-state index contributed by atoms with van der Waals surface area (Å²) in [5.41, 5.74) is 11.5. The highest BCUT2D eigenvalue weighted by atomic mass is 32.1. The fraction of sp³-hybridized carbons (Fsp3) is 0.100. The first-order chi connectivity index (χ1) is 13.1. The molecule has 0 unspecified atom stereocenters. The standard InChI is InChI=1S/C20H18N6S/c1-12(13-5-7-17-18(10-13)27-11-23-17)20-24-19(25-26-20)8-6-16(22)14-3-2-4-15(21)9-14/h2-12,22H,21H2,1H3,(H,24,25,26)/b8-6-,22-16?/t12-/m0/s1. The molecule has 4 N–H and O–H groups in total. The minimum atomic E-state index is 0.0829. The van der Waals surface area contributed by atoms with Crippen molar-refractivity contribution in [2.24, 2.45) is 0 Å². The number of H-pyrrole nitrogens is 1. The minimum absolute atomic E-state index is 0.0829. The van der Waals surface area contributed by atoms with Crippen LogP contribution in [0.1, 0.15) is 35.6 Å². The molecule has 2 aromatic carbocycles. The Kier molecular flexibility index (Phi) is 4.52. The predicted molar refractivity (Wildman–Crippen MR) is 110 cm³/mol. The Morgan fingerprint density at radius 3 is 3.00 bits per heavy atom. The maximum Gasteiger partial charge on any atom is 0.174 e. The van der Waals surface area contributed by atoms with Crippen LogP contribution < -0.4 is 5.73 Å². The Hall–Kier alpha value is -3.32. The van der Waals surface area contributed by atoms with Crippen LogP contribution in [0.5, 0.6) is 0 Å². The maximum absolute atomic E-state index is 8.15. The third-order valence-corrected chi connectivity index (χ3v) is 5.17. The molecule has 134 valence electrons. The molecular formula is C20H18N6S. The lowest BCUT2D eigenvalue weighted by Crippen LogP contribution is -1.98. The van der Waals surface area contributed by atoms with Crippen LogP contribution in [-0.2, 0) is 0 Å². The van der Waals surface area contributed by atoms with E-state index in [2.05, 4.69) is 39.2 Å². The number of allylic oxidation sites excluding steroid dienone is 1. The van der Waals surface area contributed by atoms with E-state index in [1.807, 2.05) is 23.7 Å². The summed E-state index contributed by atoms with van der Waals surface area (Å²) in [6, 6.07) is 13.5. The number of nitrogens with zero attached hydrogens (tertiary/aromatic N) is 3. The highest BCUT2D eigenvalue weighted by Gasteiger charge is 2.14. The number of nitrogens with one attached hydrogen (secondary N) is 2. The van der Waals surface area contributed by atoms with Gasteiger partial charge in [-0.1, -0.05) is 25.1 Å². The van der Waals surface area contributed by atoms with Crippen molar-refractivity contribution in [1.82, 2.24) is 20.2 Å². The maximum atomic E-state index is 8.15. The van der Waals surface area contributed by atoms with E-state index >= 15 is 0 Å². The first kappa shape index (κ1) is 17.1. The second-order valence-corrected chi connectivity index (χ2v) is 7.14. The number of thiazole rings is 1. The predicted octanol–water partition coefficient (Wildman–Crippen LogP) is 4.23. The van der Waals surface area contributed by atoms with Crippen molar-refractivity contribution in [2.75, 3.05) is 5.73 Å². The molecule has 6 nitrogen and oxygen atoms in total. The van der Waals surface area contributed by atoms with Gasteiger partial charge in [0.15, 0.2) is 5.82 Å². The van der Waals surface area contributed by atoms with E-state index < -0.39 is 0 Å². The van der Waals surface area contributed by atoms with Crippen LogP contribution in [0.15, 0.2) is 54.1 Å². The van der Waals surface area contributed by atoms with Crippen LogP contribution in [0.4, 0.5) is 5.69 Å². The first-order valence-electron chi connectivity index (χ1n) is 8.48. The minimum Gasteiger partial charge on any atom is -0.399 e. The summed E-state index contributed by atoms with van der Waals surface area (Å²) in [6.45, 7) is 2.09. The fourth-order valence-electron chi connectivity index (χ4n) is 2.82. The number of aromatic nitrogens is 4. The molecule has 4 rings (SSSR count). The zero-order valence-electron chi connectivity index (χ0n) is 14.7. The number of nitrogen functional groups attached to an aromatic ring is 1. The summed E-state index contributed by atoms with van der Waals surface area (Å²) >= 11 is 1.63. The quantitative estimate of drug-likeness (QED) is 0.359. The zero-order chi connectivity index (χ0) is 18.8. The van der Waals surface area contributed by atoms with Gasteiger partial charge in [0, 0.05) is 17.2 Å². The summed E-state index contributed by atoms with van der Waals surface area (Å²) in [4.78, 5) is 8.86. The number of nitrogens with two attached hydrogens (primary N) is 1. The van der Waals surface area contributed by atoms with E-state index in [0.717, 1.165) is 27.2 Å². The molecule has 7 heteroatoms. The van der Waals surface area contributed by atoms with Crippen LogP contribution in [-0.4, -0.2) is 25.9 Å². The Morgan fingerprint density at radius 2 is 2.15 bits per heavy atom. The lowest BCUT2D eigenvalue weighted by atomic mass is 10.0. The number of aromatic amines is 1. The summed E-state index contributed by atoms with van der Waals surface area (Å²) in [6.07, 6.45) is 3.40. The van der Waals surface area contributed by atoms with Gasteiger partial charge < -0.3 is 11.1 Å². The fourth-order valence-corrected chi connectivity index (χ4v) is 3.54. The molecule has 0 amide bonds. The topological polar surface area (TPSA) is 104 Å². The SMILES string of the molecule is C[C@@H](c1ccc2ncsc2c1)c1nc(/C=C\C(=N)c2cccc(N)c2)n[nH]1. The van der Waals surface area contributed by atoms with E-state index in [1.54, 1.807) is 35.6 Å². The summed E-state index contributed by atoms with van der Waals surface area (Å²) in [5, 5.41) is 15.4. The number of fused-ring (bicyclic) bond motifs is 1. The van der Waals surface area contributed by atoms with Crippen molar-refractivity contribution >= 4 is 39.0 Å². The number of hydrogen-bond acceptors (Lipinski definition) is 6. The van der Waals surface area contributed by atoms with Crippen molar-refractivity contribution in [3.8, 4) is 0 Å². The number of hydrogen-bond donors (Lipinski definition) is 3. The molecule has 0 saturated carbocycles. The molecular weight excluding hydrogens is 356 g/mol. The van der Waals surface area contributed by atoms with E-state index in [1.165, 1.54) is 0 Å². The lowest BCUT2D eigenvalue weighted by Gasteiger charge is -2.07. The summed E-state index contributed by atoms with van der Waals surface area (Å²) in [7, 11) is 0. The first-order valence-corrected chi connectivity index (χ1v) is 9.36. The Labute approximate surface area is 160 Å². The van der Waals surface area contributed by atoms with Crippen molar-refractivity contribution < 1.29 is 0 Å². The highest BCUT2D eigenvalue weighted by Crippen LogP contribution is 2.26. The van der Waals surface area contributed by atoms with E-state index in [-0.39, 0.29) is 5.92 Å². The van der Waals surface area contributed by atoms with Crippen LogP contribution in [0, 0.1) is 5.41 Å². The zero-order valence-corrected chi connectivity index (χ0v) is 15.5. The molecule has 1 atom stereocenters. The summed E-state index contributed by atoms with van der Waals surface area (Å²) < 4.78 is 1.16. The number of rotatable bonds is 5. The van der Waals surface area contributed by atoms with E-state index in [9.17, 15) is 0 Å². The molecule has 0 aliphatic carbocycles. The lowest BCUT2D eigenvalue weighted by molar-refractivity contribution is 0.824. The monoisotopic (exact) mass is 374 g/mol. The van der Waals surface area contributed by atoms with Crippen molar-refractivity contribution in [3.63, 3.8) is 0 Å². The highest BCUT2D eigenvalue weighted by molar-refractivity contribution is 7.16. The van der Waals surface area contributed by atoms with E-state index in [0.29, 0.717) is 17.2 Å². The Bertz CT molecular complexity index is 1140. The van der Waals surface area contributed by atoms with Crippen molar-refractivity contribution in [2.45, 2.75) is 12.8 Å². The largest absolute Gasteiger partial charge is 0.399 e. The molecule has 0 spiro atoms. The second kappa shape index (κ2) is 7.13. The molecule has 4 aromatic rings. The van der Waals surface area contributed by atoms with Gasteiger partial charge in [0.05, 0.1) is 21.4 Å². The molecule has 27 heavy (non-hydrogen) atoms. The van der Waals surface area contributed by atoms with Crippen LogP contribution in [0.25, 0.3) is 16.3 Å². The van der Waals surface area contributed by atoms with E-state index in [4.69, 9.17) is 11.1 Å². The van der Waals surface area contributed by atoms with Gasteiger partial charge in [-0.2, -0.15) is 5.10 Å². The van der Waals surface area contributed by atoms with Gasteiger partial charge in [-0.3, -0.25) is 5.10 Å². The second-order valence-electron chi connectivity index (χ2n) is 6.25. The number of benzene rings is 2.